The Bertz CT molecular complexity index is 1160. The van der Waals surface area contributed by atoms with Crippen molar-refractivity contribution < 1.29 is 9.53 Å². The third kappa shape index (κ3) is 7.27. The lowest BCUT2D eigenvalue weighted by Crippen LogP contribution is -2.25. The number of ether oxygens (including phenoxy) is 1. The Morgan fingerprint density at radius 1 is 0.970 bits per heavy atom. The van der Waals surface area contributed by atoms with Crippen molar-refractivity contribution in [2.45, 2.75) is 19.4 Å². The SMILES string of the molecule is N#C/C(=C/c1cc(Cl)c(OCc2ccccc2Cl)c(Cl)c1)C(=O)NCCCc1ccccc1. The summed E-state index contributed by atoms with van der Waals surface area (Å²) in [7, 11) is 0. The van der Waals surface area contributed by atoms with Crippen LogP contribution >= 0.6 is 34.8 Å². The molecule has 7 heteroatoms. The fourth-order valence-electron chi connectivity index (χ4n) is 3.12. The number of nitriles is 1. The highest BCUT2D eigenvalue weighted by atomic mass is 35.5. The maximum absolute atomic E-state index is 12.4. The monoisotopic (exact) mass is 498 g/mol. The van der Waals surface area contributed by atoms with Crippen molar-refractivity contribution in [2.75, 3.05) is 6.54 Å². The summed E-state index contributed by atoms with van der Waals surface area (Å²) in [6.07, 6.45) is 3.05. The summed E-state index contributed by atoms with van der Waals surface area (Å²) in [5.74, 6) is -0.142. The quantitative estimate of drug-likeness (QED) is 0.198. The van der Waals surface area contributed by atoms with E-state index in [1.807, 2.05) is 54.6 Å². The first-order chi connectivity index (χ1) is 16.0. The summed E-state index contributed by atoms with van der Waals surface area (Å²) in [5.41, 5.74) is 2.48. The van der Waals surface area contributed by atoms with Gasteiger partial charge in [0, 0.05) is 17.1 Å². The van der Waals surface area contributed by atoms with Gasteiger partial charge in [0.15, 0.2) is 5.75 Å². The van der Waals surface area contributed by atoms with Gasteiger partial charge in [0.1, 0.15) is 18.2 Å². The molecule has 0 spiro atoms. The van der Waals surface area contributed by atoms with E-state index in [2.05, 4.69) is 5.32 Å². The minimum absolute atomic E-state index is 0.0356. The number of benzene rings is 3. The van der Waals surface area contributed by atoms with Crippen LogP contribution in [0.2, 0.25) is 15.1 Å². The van der Waals surface area contributed by atoms with E-state index in [-0.39, 0.29) is 22.2 Å². The van der Waals surface area contributed by atoms with Crippen LogP contribution in [0.15, 0.2) is 72.3 Å². The second-order valence-electron chi connectivity index (χ2n) is 7.21. The van der Waals surface area contributed by atoms with Crippen molar-refractivity contribution in [3.05, 3.63) is 104 Å². The Kier molecular flexibility index (Phi) is 9.21. The molecule has 0 aromatic heterocycles. The summed E-state index contributed by atoms with van der Waals surface area (Å²) in [6, 6.07) is 22.4. The van der Waals surface area contributed by atoms with Gasteiger partial charge in [-0.05, 0) is 48.2 Å². The van der Waals surface area contributed by atoms with Gasteiger partial charge in [0.2, 0.25) is 0 Å². The van der Waals surface area contributed by atoms with E-state index < -0.39 is 5.91 Å². The molecule has 4 nitrogen and oxygen atoms in total. The predicted molar refractivity (Wildman–Crippen MR) is 134 cm³/mol. The second-order valence-corrected chi connectivity index (χ2v) is 8.43. The average molecular weight is 500 g/mol. The minimum Gasteiger partial charge on any atom is -0.486 e. The van der Waals surface area contributed by atoms with Crippen molar-refractivity contribution in [3.63, 3.8) is 0 Å². The van der Waals surface area contributed by atoms with Gasteiger partial charge in [-0.3, -0.25) is 4.79 Å². The fraction of sp³-hybridized carbons (Fsp3) is 0.154. The van der Waals surface area contributed by atoms with Gasteiger partial charge in [0.25, 0.3) is 5.91 Å². The molecule has 1 N–H and O–H groups in total. The molecule has 0 fully saturated rings. The fourth-order valence-corrected chi connectivity index (χ4v) is 3.92. The Morgan fingerprint density at radius 3 is 2.30 bits per heavy atom. The van der Waals surface area contributed by atoms with Crippen molar-refractivity contribution in [1.29, 1.82) is 5.26 Å². The largest absolute Gasteiger partial charge is 0.486 e. The molecule has 0 aliphatic heterocycles. The molecule has 0 aliphatic rings. The Hall–Kier alpha value is -2.97. The van der Waals surface area contributed by atoms with Crippen LogP contribution in [0.3, 0.4) is 0 Å². The first-order valence-electron chi connectivity index (χ1n) is 10.3. The number of hydrogen-bond acceptors (Lipinski definition) is 3. The van der Waals surface area contributed by atoms with Crippen LogP contribution in [0.5, 0.6) is 5.75 Å². The first-order valence-corrected chi connectivity index (χ1v) is 11.4. The topological polar surface area (TPSA) is 62.1 Å². The van der Waals surface area contributed by atoms with E-state index in [0.717, 1.165) is 18.4 Å². The molecule has 0 radical (unpaired) electrons. The van der Waals surface area contributed by atoms with Crippen molar-refractivity contribution in [3.8, 4) is 11.8 Å². The van der Waals surface area contributed by atoms with Crippen LogP contribution in [0, 0.1) is 11.3 Å². The third-order valence-electron chi connectivity index (χ3n) is 4.80. The highest BCUT2D eigenvalue weighted by Crippen LogP contribution is 2.35. The van der Waals surface area contributed by atoms with Crippen molar-refractivity contribution in [1.82, 2.24) is 5.32 Å². The van der Waals surface area contributed by atoms with Crippen LogP contribution in [0.4, 0.5) is 0 Å². The zero-order chi connectivity index (χ0) is 23.6. The van der Waals surface area contributed by atoms with E-state index >= 15 is 0 Å². The van der Waals surface area contributed by atoms with E-state index in [1.165, 1.54) is 11.6 Å². The highest BCUT2D eigenvalue weighted by molar-refractivity contribution is 6.37. The number of halogens is 3. The summed E-state index contributed by atoms with van der Waals surface area (Å²) < 4.78 is 5.76. The molecule has 0 heterocycles. The van der Waals surface area contributed by atoms with Crippen LogP contribution < -0.4 is 10.1 Å². The minimum atomic E-state index is -0.447. The summed E-state index contributed by atoms with van der Waals surface area (Å²) in [6.45, 7) is 0.659. The summed E-state index contributed by atoms with van der Waals surface area (Å²) in [4.78, 5) is 12.4. The molecule has 168 valence electrons. The second kappa shape index (κ2) is 12.3. The van der Waals surface area contributed by atoms with Crippen molar-refractivity contribution >= 4 is 46.8 Å². The van der Waals surface area contributed by atoms with Gasteiger partial charge in [-0.15, -0.1) is 0 Å². The van der Waals surface area contributed by atoms with Gasteiger partial charge in [-0.2, -0.15) is 5.26 Å². The maximum atomic E-state index is 12.4. The molecule has 1 amide bonds. The Morgan fingerprint density at radius 2 is 1.64 bits per heavy atom. The molecule has 0 atom stereocenters. The Balaban J connectivity index is 1.62. The lowest BCUT2D eigenvalue weighted by atomic mass is 10.1. The number of carbonyl (C=O) groups is 1. The van der Waals surface area contributed by atoms with Crippen LogP contribution in [0.1, 0.15) is 23.1 Å². The van der Waals surface area contributed by atoms with E-state index in [0.29, 0.717) is 22.9 Å². The molecule has 0 bridgehead atoms. The zero-order valence-electron chi connectivity index (χ0n) is 17.7. The molecule has 0 saturated heterocycles. The number of rotatable bonds is 9. The smallest absolute Gasteiger partial charge is 0.261 e. The van der Waals surface area contributed by atoms with E-state index in [4.69, 9.17) is 39.5 Å². The average Bonchev–Trinajstić information content (AvgIpc) is 2.81. The number of amides is 1. The van der Waals surface area contributed by atoms with E-state index in [1.54, 1.807) is 18.2 Å². The molecule has 3 rings (SSSR count). The molecule has 0 saturated carbocycles. The van der Waals surface area contributed by atoms with Gasteiger partial charge in [0.05, 0.1) is 10.0 Å². The van der Waals surface area contributed by atoms with Crippen molar-refractivity contribution in [2.24, 2.45) is 0 Å². The number of hydrogen-bond donors (Lipinski definition) is 1. The van der Waals surface area contributed by atoms with Crippen LogP contribution in [-0.4, -0.2) is 12.5 Å². The first kappa shape index (κ1) is 24.7. The summed E-state index contributed by atoms with van der Waals surface area (Å²) in [5, 5.41) is 13.3. The number of carbonyl (C=O) groups excluding carboxylic acids is 1. The van der Waals surface area contributed by atoms with Crippen LogP contribution in [0.25, 0.3) is 6.08 Å². The van der Waals surface area contributed by atoms with Gasteiger partial charge < -0.3 is 10.1 Å². The predicted octanol–water partition coefficient (Wildman–Crippen LogP) is 6.88. The van der Waals surface area contributed by atoms with Gasteiger partial charge in [-0.1, -0.05) is 83.3 Å². The van der Waals surface area contributed by atoms with Crippen LogP contribution in [-0.2, 0) is 17.8 Å². The molecule has 33 heavy (non-hydrogen) atoms. The molecule has 0 aliphatic carbocycles. The molecular weight excluding hydrogens is 479 g/mol. The molecule has 3 aromatic carbocycles. The lowest BCUT2D eigenvalue weighted by molar-refractivity contribution is -0.117. The van der Waals surface area contributed by atoms with Gasteiger partial charge in [-0.25, -0.2) is 0 Å². The third-order valence-corrected chi connectivity index (χ3v) is 5.73. The number of nitrogens with one attached hydrogen (secondary N) is 1. The normalized spacial score (nSPS) is 11.0. The maximum Gasteiger partial charge on any atom is 0.261 e. The lowest BCUT2D eigenvalue weighted by Gasteiger charge is -2.12. The van der Waals surface area contributed by atoms with Gasteiger partial charge >= 0.3 is 0 Å². The zero-order valence-corrected chi connectivity index (χ0v) is 19.9. The molecular formula is C26H21Cl3N2O2. The standard InChI is InChI=1S/C26H21Cl3N2O2/c27-22-11-5-4-10-20(22)17-33-25-23(28)14-19(15-24(25)29)13-21(16-30)26(32)31-12-6-9-18-7-2-1-3-8-18/h1-5,7-8,10-11,13-15H,6,9,12,17H2,(H,31,32)/b21-13-. The molecule has 0 unspecified atom stereocenters. The molecule has 3 aromatic rings. The number of nitrogens with zero attached hydrogens (tertiary/aromatic N) is 1. The summed E-state index contributed by atoms with van der Waals surface area (Å²) >= 11 is 18.9. The van der Waals surface area contributed by atoms with E-state index in [9.17, 15) is 10.1 Å². The number of aryl methyl sites for hydroxylation is 1. The highest BCUT2D eigenvalue weighted by Gasteiger charge is 2.13. The Labute approximate surface area is 208 Å².